The Labute approximate surface area is 136 Å². The second kappa shape index (κ2) is 6.77. The van der Waals surface area contributed by atoms with Crippen LogP contribution < -0.4 is 9.47 Å². The highest BCUT2D eigenvalue weighted by Crippen LogP contribution is 2.30. The Kier molecular flexibility index (Phi) is 4.98. The maximum absolute atomic E-state index is 13.0. The third-order valence-electron chi connectivity index (χ3n) is 3.54. The van der Waals surface area contributed by atoms with Crippen LogP contribution in [-0.2, 0) is 0 Å². The van der Waals surface area contributed by atoms with E-state index in [9.17, 15) is 4.79 Å². The molecule has 122 valence electrons. The van der Waals surface area contributed by atoms with Gasteiger partial charge in [-0.3, -0.25) is 4.79 Å². The minimum atomic E-state index is -0.153. The van der Waals surface area contributed by atoms with Crippen LogP contribution in [0, 0.1) is 13.8 Å². The van der Waals surface area contributed by atoms with E-state index in [0.717, 1.165) is 11.1 Å². The molecule has 2 aromatic rings. The van der Waals surface area contributed by atoms with E-state index in [1.165, 1.54) is 14.2 Å². The lowest BCUT2D eigenvalue weighted by molar-refractivity contribution is 0.103. The van der Waals surface area contributed by atoms with Gasteiger partial charge >= 0.3 is 6.01 Å². The van der Waals surface area contributed by atoms with Crippen LogP contribution in [-0.4, -0.2) is 30.0 Å². The molecular formula is C18H22N2O3. The summed E-state index contributed by atoms with van der Waals surface area (Å²) >= 11 is 0. The number of hydrogen-bond acceptors (Lipinski definition) is 5. The van der Waals surface area contributed by atoms with Gasteiger partial charge in [0.15, 0.2) is 0 Å². The molecule has 0 aliphatic rings. The Morgan fingerprint density at radius 2 is 1.61 bits per heavy atom. The van der Waals surface area contributed by atoms with Gasteiger partial charge in [-0.05, 0) is 31.9 Å². The van der Waals surface area contributed by atoms with E-state index in [0.29, 0.717) is 22.7 Å². The van der Waals surface area contributed by atoms with Crippen LogP contribution in [0.25, 0.3) is 0 Å². The average molecular weight is 314 g/mol. The molecule has 0 aliphatic heterocycles. The van der Waals surface area contributed by atoms with Crippen LogP contribution in [0.2, 0.25) is 0 Å². The fourth-order valence-corrected chi connectivity index (χ4v) is 2.61. The summed E-state index contributed by atoms with van der Waals surface area (Å²) in [5.74, 6) is 0.264. The monoisotopic (exact) mass is 314 g/mol. The smallest absolute Gasteiger partial charge is 0.320 e. The summed E-state index contributed by atoms with van der Waals surface area (Å²) in [6, 6.07) is 5.88. The highest BCUT2D eigenvalue weighted by Gasteiger charge is 2.24. The topological polar surface area (TPSA) is 61.3 Å². The van der Waals surface area contributed by atoms with Gasteiger partial charge in [-0.25, -0.2) is 0 Å². The fraction of sp³-hybridized carbons (Fsp3) is 0.389. The lowest BCUT2D eigenvalue weighted by Crippen LogP contribution is -2.14. The molecule has 0 amide bonds. The van der Waals surface area contributed by atoms with Crippen molar-refractivity contribution in [1.82, 2.24) is 9.97 Å². The number of aryl methyl sites for hydroxylation is 2. The molecule has 0 fully saturated rings. The Morgan fingerprint density at radius 3 is 2.09 bits per heavy atom. The molecule has 23 heavy (non-hydrogen) atoms. The molecule has 1 aromatic heterocycles. The van der Waals surface area contributed by atoms with Crippen molar-refractivity contribution in [3.63, 3.8) is 0 Å². The number of ketones is 1. The standard InChI is InChI=1S/C18H22N2O3/c1-10(2)14-15(19-18(23-6)20-17(14)22-5)16(21)13-8-11(3)7-12(4)9-13/h7-10H,1-6H3. The zero-order chi connectivity index (χ0) is 17.1. The van der Waals surface area contributed by atoms with Crippen LogP contribution in [0.3, 0.4) is 0 Å². The normalized spacial score (nSPS) is 10.7. The first kappa shape index (κ1) is 16.9. The largest absolute Gasteiger partial charge is 0.481 e. The highest BCUT2D eigenvalue weighted by atomic mass is 16.5. The zero-order valence-corrected chi connectivity index (χ0v) is 14.4. The van der Waals surface area contributed by atoms with Gasteiger partial charge in [0.25, 0.3) is 0 Å². The zero-order valence-electron chi connectivity index (χ0n) is 14.4. The number of hydrogen-bond donors (Lipinski definition) is 0. The molecular weight excluding hydrogens is 292 g/mol. The number of benzene rings is 1. The van der Waals surface area contributed by atoms with Crippen molar-refractivity contribution in [2.24, 2.45) is 0 Å². The van der Waals surface area contributed by atoms with Crippen LogP contribution >= 0.6 is 0 Å². The van der Waals surface area contributed by atoms with E-state index in [4.69, 9.17) is 9.47 Å². The SMILES string of the molecule is COc1nc(OC)c(C(C)C)c(C(=O)c2cc(C)cc(C)c2)n1. The lowest BCUT2D eigenvalue weighted by Gasteiger charge is -2.16. The van der Waals surface area contributed by atoms with Crippen LogP contribution in [0.15, 0.2) is 18.2 Å². The number of nitrogens with zero attached hydrogens (tertiary/aromatic N) is 2. The summed E-state index contributed by atoms with van der Waals surface area (Å²) in [6.07, 6.45) is 0. The van der Waals surface area contributed by atoms with Crippen molar-refractivity contribution in [3.05, 3.63) is 46.1 Å². The van der Waals surface area contributed by atoms with Crippen molar-refractivity contribution >= 4 is 5.78 Å². The van der Waals surface area contributed by atoms with Gasteiger partial charge in [-0.15, -0.1) is 0 Å². The molecule has 0 N–H and O–H groups in total. The first-order chi connectivity index (χ1) is 10.9. The molecule has 0 saturated carbocycles. The maximum atomic E-state index is 13.0. The van der Waals surface area contributed by atoms with E-state index in [2.05, 4.69) is 9.97 Å². The summed E-state index contributed by atoms with van der Waals surface area (Å²) in [6.45, 7) is 7.89. The highest BCUT2D eigenvalue weighted by molar-refractivity contribution is 6.09. The van der Waals surface area contributed by atoms with Gasteiger partial charge < -0.3 is 9.47 Å². The van der Waals surface area contributed by atoms with Crippen molar-refractivity contribution in [2.75, 3.05) is 14.2 Å². The molecule has 5 heteroatoms. The molecule has 5 nitrogen and oxygen atoms in total. The van der Waals surface area contributed by atoms with Gasteiger partial charge in [0.2, 0.25) is 11.7 Å². The molecule has 0 saturated heterocycles. The van der Waals surface area contributed by atoms with Gasteiger partial charge in [0, 0.05) is 11.1 Å². The van der Waals surface area contributed by atoms with Crippen molar-refractivity contribution in [1.29, 1.82) is 0 Å². The Morgan fingerprint density at radius 1 is 1.00 bits per heavy atom. The summed E-state index contributed by atoms with van der Waals surface area (Å²) in [5.41, 5.74) is 3.69. The molecule has 0 spiro atoms. The van der Waals surface area contributed by atoms with E-state index in [-0.39, 0.29) is 17.7 Å². The summed E-state index contributed by atoms with van der Waals surface area (Å²) in [4.78, 5) is 21.5. The van der Waals surface area contributed by atoms with E-state index in [1.807, 2.05) is 45.9 Å². The molecule has 1 aromatic carbocycles. The quantitative estimate of drug-likeness (QED) is 0.791. The average Bonchev–Trinajstić information content (AvgIpc) is 2.51. The Hall–Kier alpha value is -2.43. The molecule has 0 unspecified atom stereocenters. The number of ether oxygens (including phenoxy) is 2. The second-order valence-corrected chi connectivity index (χ2v) is 5.84. The molecule has 0 radical (unpaired) electrons. The number of aromatic nitrogens is 2. The summed E-state index contributed by atoms with van der Waals surface area (Å²) in [7, 11) is 2.99. The first-order valence-corrected chi connectivity index (χ1v) is 7.50. The number of rotatable bonds is 5. The third-order valence-corrected chi connectivity index (χ3v) is 3.54. The van der Waals surface area contributed by atoms with E-state index in [1.54, 1.807) is 0 Å². The van der Waals surface area contributed by atoms with Gasteiger partial charge in [0.05, 0.1) is 14.2 Å². The van der Waals surface area contributed by atoms with Crippen LogP contribution in [0.4, 0.5) is 0 Å². The van der Waals surface area contributed by atoms with Crippen molar-refractivity contribution < 1.29 is 14.3 Å². The molecule has 0 aliphatic carbocycles. The molecule has 1 heterocycles. The maximum Gasteiger partial charge on any atom is 0.320 e. The van der Waals surface area contributed by atoms with Crippen LogP contribution in [0.5, 0.6) is 11.9 Å². The van der Waals surface area contributed by atoms with E-state index >= 15 is 0 Å². The van der Waals surface area contributed by atoms with E-state index < -0.39 is 0 Å². The second-order valence-electron chi connectivity index (χ2n) is 5.84. The third kappa shape index (κ3) is 3.50. The number of methoxy groups -OCH3 is 2. The van der Waals surface area contributed by atoms with Gasteiger partial charge in [0.1, 0.15) is 5.69 Å². The molecule has 0 atom stereocenters. The minimum Gasteiger partial charge on any atom is -0.481 e. The number of carbonyl (C=O) groups is 1. The first-order valence-electron chi connectivity index (χ1n) is 7.50. The summed E-state index contributed by atoms with van der Waals surface area (Å²) in [5, 5.41) is 0. The predicted molar refractivity (Wildman–Crippen MR) is 88.6 cm³/mol. The Balaban J connectivity index is 2.66. The van der Waals surface area contributed by atoms with Crippen LogP contribution in [0.1, 0.15) is 52.5 Å². The molecule has 0 bridgehead atoms. The van der Waals surface area contributed by atoms with Gasteiger partial charge in [-0.2, -0.15) is 9.97 Å². The lowest BCUT2D eigenvalue weighted by atomic mass is 9.95. The van der Waals surface area contributed by atoms with Gasteiger partial charge in [-0.1, -0.05) is 31.0 Å². The van der Waals surface area contributed by atoms with Crippen molar-refractivity contribution in [3.8, 4) is 11.9 Å². The fourth-order valence-electron chi connectivity index (χ4n) is 2.61. The molecule has 2 rings (SSSR count). The van der Waals surface area contributed by atoms with Crippen molar-refractivity contribution in [2.45, 2.75) is 33.6 Å². The number of carbonyl (C=O) groups excluding carboxylic acids is 1. The predicted octanol–water partition coefficient (Wildman–Crippen LogP) is 3.47. The summed E-state index contributed by atoms with van der Waals surface area (Å²) < 4.78 is 10.5. The minimum absolute atomic E-state index is 0.0423. The Bertz CT molecular complexity index is 719.